The Balaban J connectivity index is 3.37. The number of phenolic OH excluding ortho intramolecular Hbond substituents is 2. The molecule has 0 atom stereocenters. The maximum absolute atomic E-state index is 11.0. The van der Waals surface area contributed by atoms with Crippen LogP contribution in [0.2, 0.25) is 0 Å². The van der Waals surface area contributed by atoms with Crippen LogP contribution in [0.15, 0.2) is 19.6 Å². The Labute approximate surface area is 166 Å². The average molecular weight is 445 g/mol. The normalized spacial score (nSPS) is 11.8. The molecule has 0 fully saturated rings. The number of hydrogen-bond acceptors (Lipinski definition) is 8. The van der Waals surface area contributed by atoms with Crippen LogP contribution < -0.4 is 0 Å². The summed E-state index contributed by atoms with van der Waals surface area (Å²) in [5, 5.41) is 21.5. The van der Waals surface area contributed by atoms with Gasteiger partial charge >= 0.3 is 0 Å². The van der Waals surface area contributed by atoms with E-state index in [1.165, 1.54) is 35.3 Å². The molecule has 0 spiro atoms. The van der Waals surface area contributed by atoms with Gasteiger partial charge in [-0.2, -0.15) is 8.42 Å². The van der Waals surface area contributed by atoms with Gasteiger partial charge in [0.15, 0.2) is 0 Å². The molecule has 1 aromatic rings. The molecular formula is C15H24O5S5. The third-order valence-corrected chi connectivity index (χ3v) is 8.47. The van der Waals surface area contributed by atoms with Crippen molar-refractivity contribution >= 4 is 57.2 Å². The maximum atomic E-state index is 11.0. The zero-order valence-electron chi connectivity index (χ0n) is 14.4. The second-order valence-corrected chi connectivity index (χ2v) is 11.2. The van der Waals surface area contributed by atoms with Crippen molar-refractivity contribution in [2.75, 3.05) is 28.8 Å². The van der Waals surface area contributed by atoms with Crippen LogP contribution >= 0.6 is 47.0 Å². The number of phenols is 2. The smallest absolute Gasteiger partial charge is 0.265 e. The van der Waals surface area contributed by atoms with Crippen molar-refractivity contribution in [1.29, 1.82) is 0 Å². The van der Waals surface area contributed by atoms with Crippen molar-refractivity contribution in [3.63, 3.8) is 0 Å². The van der Waals surface area contributed by atoms with Crippen LogP contribution in [0.1, 0.15) is 27.2 Å². The zero-order chi connectivity index (χ0) is 19.0. The lowest BCUT2D eigenvalue weighted by atomic mass is 10.3. The summed E-state index contributed by atoms with van der Waals surface area (Å²) in [4.78, 5) is 2.36. The molecule has 0 saturated heterocycles. The summed E-state index contributed by atoms with van der Waals surface area (Å²) in [6, 6.07) is 0. The van der Waals surface area contributed by atoms with E-state index in [1.807, 2.05) is 20.8 Å². The van der Waals surface area contributed by atoms with Crippen molar-refractivity contribution in [3.8, 4) is 11.5 Å². The fraction of sp³-hybridized carbons (Fsp3) is 0.600. The number of rotatable bonds is 11. The fourth-order valence-electron chi connectivity index (χ4n) is 1.91. The third-order valence-electron chi connectivity index (χ3n) is 2.89. The minimum Gasteiger partial charge on any atom is -0.506 e. The number of benzene rings is 1. The monoisotopic (exact) mass is 444 g/mol. The van der Waals surface area contributed by atoms with Crippen LogP contribution in [0.3, 0.4) is 0 Å². The van der Waals surface area contributed by atoms with Gasteiger partial charge in [0, 0.05) is 5.75 Å². The Kier molecular flexibility index (Phi) is 10.3. The summed E-state index contributed by atoms with van der Waals surface area (Å²) in [6.07, 6.45) is 0.904. The largest absolute Gasteiger partial charge is 0.506 e. The lowest BCUT2D eigenvalue weighted by molar-refractivity contribution is 0.410. The zero-order valence-corrected chi connectivity index (χ0v) is 18.5. The first-order chi connectivity index (χ1) is 11.8. The van der Waals surface area contributed by atoms with Crippen molar-refractivity contribution < 1.29 is 23.2 Å². The summed E-state index contributed by atoms with van der Waals surface area (Å²) >= 11 is 5.51. The third kappa shape index (κ3) is 6.99. The summed E-state index contributed by atoms with van der Waals surface area (Å²) in [7, 11) is -4.07. The molecule has 0 aliphatic heterocycles. The molecule has 0 aliphatic rings. The van der Waals surface area contributed by atoms with Gasteiger partial charge in [-0.3, -0.25) is 4.55 Å². The second-order valence-electron chi connectivity index (χ2n) is 4.86. The molecule has 10 heteroatoms. The van der Waals surface area contributed by atoms with Gasteiger partial charge in [-0.05, 0) is 23.7 Å². The topological polar surface area (TPSA) is 94.8 Å². The highest BCUT2D eigenvalue weighted by Crippen LogP contribution is 2.54. The standard InChI is InChI=1S/C15H24O5S5/c1-4-7-23-14-10(16)12(21-5-2)13(22-6-3)11(17)15(14)24-8-9-25(18,19)20/h16-17H,4-9H2,1-3H3,(H,18,19,20). The molecule has 5 nitrogen and oxygen atoms in total. The average Bonchev–Trinajstić information content (AvgIpc) is 2.53. The number of thioether (sulfide) groups is 4. The predicted octanol–water partition coefficient (Wildman–Crippen LogP) is 4.80. The summed E-state index contributed by atoms with van der Waals surface area (Å²) in [5.74, 6) is 2.19. The summed E-state index contributed by atoms with van der Waals surface area (Å²) in [5.41, 5.74) is 0. The molecule has 0 aliphatic carbocycles. The van der Waals surface area contributed by atoms with Crippen LogP contribution in [0.5, 0.6) is 11.5 Å². The van der Waals surface area contributed by atoms with Crippen LogP contribution in [0.25, 0.3) is 0 Å². The van der Waals surface area contributed by atoms with Gasteiger partial charge in [0.1, 0.15) is 11.5 Å². The first kappa shape index (κ1) is 23.2. The van der Waals surface area contributed by atoms with Crippen LogP contribution in [0.4, 0.5) is 0 Å². The Morgan fingerprint density at radius 3 is 1.52 bits per heavy atom. The first-order valence-electron chi connectivity index (χ1n) is 7.84. The highest BCUT2D eigenvalue weighted by molar-refractivity contribution is 8.03. The highest BCUT2D eigenvalue weighted by Gasteiger charge is 2.24. The Bertz CT molecular complexity index is 676. The SMILES string of the molecule is CCCSc1c(O)c(SCC)c(SCC)c(O)c1SCCS(=O)(=O)O. The van der Waals surface area contributed by atoms with Gasteiger partial charge in [-0.15, -0.1) is 47.0 Å². The number of aromatic hydroxyl groups is 2. The summed E-state index contributed by atoms with van der Waals surface area (Å²) < 4.78 is 30.8. The summed E-state index contributed by atoms with van der Waals surface area (Å²) in [6.45, 7) is 5.97. The lowest BCUT2D eigenvalue weighted by Gasteiger charge is -2.19. The van der Waals surface area contributed by atoms with Gasteiger partial charge in [0.25, 0.3) is 10.1 Å². The van der Waals surface area contributed by atoms with E-state index in [-0.39, 0.29) is 17.3 Å². The Hall–Kier alpha value is 0.130. The van der Waals surface area contributed by atoms with Gasteiger partial charge in [0.2, 0.25) is 0 Å². The molecule has 0 radical (unpaired) electrons. The van der Waals surface area contributed by atoms with Crippen molar-refractivity contribution in [2.45, 2.75) is 46.8 Å². The highest BCUT2D eigenvalue weighted by atomic mass is 32.2. The van der Waals surface area contributed by atoms with Crippen LogP contribution in [-0.2, 0) is 10.1 Å². The van der Waals surface area contributed by atoms with E-state index < -0.39 is 15.9 Å². The minimum atomic E-state index is -4.07. The molecule has 0 unspecified atom stereocenters. The molecule has 144 valence electrons. The van der Waals surface area contributed by atoms with Gasteiger partial charge < -0.3 is 10.2 Å². The van der Waals surface area contributed by atoms with E-state index in [2.05, 4.69) is 0 Å². The molecule has 0 bridgehead atoms. The molecular weight excluding hydrogens is 420 g/mol. The van der Waals surface area contributed by atoms with E-state index in [1.54, 1.807) is 0 Å². The van der Waals surface area contributed by atoms with E-state index in [4.69, 9.17) is 4.55 Å². The van der Waals surface area contributed by atoms with Gasteiger partial charge in [-0.25, -0.2) is 0 Å². The second kappa shape index (κ2) is 11.1. The molecule has 25 heavy (non-hydrogen) atoms. The Morgan fingerprint density at radius 2 is 1.16 bits per heavy atom. The van der Waals surface area contributed by atoms with Crippen LogP contribution in [0, 0.1) is 0 Å². The van der Waals surface area contributed by atoms with E-state index in [9.17, 15) is 18.6 Å². The molecule has 0 saturated carbocycles. The van der Waals surface area contributed by atoms with Crippen LogP contribution in [-0.4, -0.2) is 51.9 Å². The molecule has 0 heterocycles. The first-order valence-corrected chi connectivity index (χ1v) is 13.4. The molecule has 3 N–H and O–H groups in total. The van der Waals surface area contributed by atoms with E-state index in [0.717, 1.165) is 35.4 Å². The molecule has 1 rings (SSSR count). The van der Waals surface area contributed by atoms with E-state index >= 15 is 0 Å². The number of hydrogen-bond donors (Lipinski definition) is 3. The van der Waals surface area contributed by atoms with Crippen molar-refractivity contribution in [3.05, 3.63) is 0 Å². The minimum absolute atomic E-state index is 0.0829. The van der Waals surface area contributed by atoms with Gasteiger partial charge in [0.05, 0.1) is 25.3 Å². The quantitative estimate of drug-likeness (QED) is 0.252. The molecule has 0 amide bonds. The maximum Gasteiger partial charge on any atom is 0.265 e. The van der Waals surface area contributed by atoms with Crippen molar-refractivity contribution in [1.82, 2.24) is 0 Å². The molecule has 0 aromatic heterocycles. The molecule has 1 aromatic carbocycles. The Morgan fingerprint density at radius 1 is 0.760 bits per heavy atom. The predicted molar refractivity (Wildman–Crippen MR) is 111 cm³/mol. The fourth-order valence-corrected chi connectivity index (χ4v) is 6.98. The van der Waals surface area contributed by atoms with Gasteiger partial charge in [-0.1, -0.05) is 20.8 Å². The lowest BCUT2D eigenvalue weighted by Crippen LogP contribution is -2.06. The van der Waals surface area contributed by atoms with Crippen molar-refractivity contribution in [2.24, 2.45) is 0 Å². The van der Waals surface area contributed by atoms with E-state index in [0.29, 0.717) is 19.6 Å².